The van der Waals surface area contributed by atoms with E-state index in [1.54, 1.807) is 19.1 Å². The number of carbonyl (C=O) groups is 2. The van der Waals surface area contributed by atoms with Crippen LogP contribution in [0.2, 0.25) is 0 Å². The van der Waals surface area contributed by atoms with Crippen LogP contribution in [0.1, 0.15) is 51.7 Å². The van der Waals surface area contributed by atoms with Gasteiger partial charge in [0.05, 0.1) is 11.9 Å². The number of anilines is 1. The first-order chi connectivity index (χ1) is 15.8. The summed E-state index contributed by atoms with van der Waals surface area (Å²) in [6.07, 6.45) is 1.07. The van der Waals surface area contributed by atoms with Crippen LogP contribution in [0, 0.1) is 0 Å². The normalized spacial score (nSPS) is 12.5. The van der Waals surface area contributed by atoms with Crippen LogP contribution < -0.4 is 9.62 Å². The van der Waals surface area contributed by atoms with Gasteiger partial charge < -0.3 is 10.2 Å². The van der Waals surface area contributed by atoms with E-state index in [1.807, 2.05) is 50.2 Å². The molecular weight excluding hydrogens is 518 g/mol. The summed E-state index contributed by atoms with van der Waals surface area (Å²) in [4.78, 5) is 27.7. The molecule has 0 fully saturated rings. The largest absolute Gasteiger partial charge is 0.352 e. The Morgan fingerprint density at radius 1 is 0.941 bits per heavy atom. The number of benzene rings is 2. The first-order valence-electron chi connectivity index (χ1n) is 11.2. The van der Waals surface area contributed by atoms with Crippen LogP contribution in [0.3, 0.4) is 0 Å². The maximum atomic E-state index is 13.5. The maximum Gasteiger partial charge on any atom is 0.244 e. The van der Waals surface area contributed by atoms with Gasteiger partial charge >= 0.3 is 0 Å². The van der Waals surface area contributed by atoms with Crippen molar-refractivity contribution in [3.63, 3.8) is 0 Å². The molecule has 0 saturated carbocycles. The SMILES string of the molecule is CC(C)NC(=O)[C@H](C)N(Cc1ccc(Br)cc1)C(=O)CN(c1ccc(C(C)C)cc1)S(C)(=O)=O. The molecule has 0 radical (unpaired) electrons. The summed E-state index contributed by atoms with van der Waals surface area (Å²) in [7, 11) is -3.74. The van der Waals surface area contributed by atoms with Crippen LogP contribution in [0.15, 0.2) is 53.0 Å². The van der Waals surface area contributed by atoms with Gasteiger partial charge in [0.25, 0.3) is 0 Å². The monoisotopic (exact) mass is 551 g/mol. The Morgan fingerprint density at radius 2 is 1.50 bits per heavy atom. The third-order valence-electron chi connectivity index (χ3n) is 5.39. The van der Waals surface area contributed by atoms with Crippen molar-refractivity contribution in [1.82, 2.24) is 10.2 Å². The van der Waals surface area contributed by atoms with Crippen molar-refractivity contribution in [3.05, 3.63) is 64.1 Å². The van der Waals surface area contributed by atoms with Crippen molar-refractivity contribution in [2.24, 2.45) is 0 Å². The second-order valence-corrected chi connectivity index (χ2v) is 11.8. The molecule has 0 aliphatic rings. The third kappa shape index (κ3) is 7.84. The van der Waals surface area contributed by atoms with Crippen molar-refractivity contribution < 1.29 is 18.0 Å². The number of rotatable bonds is 10. The summed E-state index contributed by atoms with van der Waals surface area (Å²) >= 11 is 3.40. The van der Waals surface area contributed by atoms with Crippen molar-refractivity contribution in [2.45, 2.75) is 59.2 Å². The zero-order valence-electron chi connectivity index (χ0n) is 20.6. The minimum Gasteiger partial charge on any atom is -0.352 e. The summed E-state index contributed by atoms with van der Waals surface area (Å²) in [6, 6.07) is 13.7. The predicted octanol–water partition coefficient (Wildman–Crippen LogP) is 4.28. The van der Waals surface area contributed by atoms with Crippen LogP contribution in [0.4, 0.5) is 5.69 Å². The van der Waals surface area contributed by atoms with Gasteiger partial charge in [-0.25, -0.2) is 8.42 Å². The number of halogens is 1. The van der Waals surface area contributed by atoms with E-state index in [-0.39, 0.29) is 18.5 Å². The average molecular weight is 553 g/mol. The molecule has 34 heavy (non-hydrogen) atoms. The zero-order valence-corrected chi connectivity index (χ0v) is 23.0. The molecule has 2 rings (SSSR count). The van der Waals surface area contributed by atoms with E-state index < -0.39 is 28.5 Å². The molecule has 1 N–H and O–H groups in total. The topological polar surface area (TPSA) is 86.8 Å². The third-order valence-corrected chi connectivity index (χ3v) is 7.06. The minimum atomic E-state index is -3.74. The fraction of sp³-hybridized carbons (Fsp3) is 0.440. The van der Waals surface area contributed by atoms with Crippen molar-refractivity contribution >= 4 is 43.5 Å². The van der Waals surface area contributed by atoms with Crippen LogP contribution in [-0.2, 0) is 26.2 Å². The van der Waals surface area contributed by atoms with Crippen molar-refractivity contribution in [1.29, 1.82) is 0 Å². The second-order valence-electron chi connectivity index (χ2n) is 9.00. The summed E-state index contributed by atoms with van der Waals surface area (Å²) < 4.78 is 27.2. The molecule has 9 heteroatoms. The molecule has 7 nitrogen and oxygen atoms in total. The summed E-state index contributed by atoms with van der Waals surface area (Å²) in [5.74, 6) is -0.468. The van der Waals surface area contributed by atoms with Gasteiger partial charge in [0.1, 0.15) is 12.6 Å². The highest BCUT2D eigenvalue weighted by atomic mass is 79.9. The first kappa shape index (κ1) is 27.9. The molecule has 0 aliphatic carbocycles. The fourth-order valence-electron chi connectivity index (χ4n) is 3.41. The number of nitrogens with zero attached hydrogens (tertiary/aromatic N) is 2. The number of carbonyl (C=O) groups excluding carboxylic acids is 2. The molecule has 2 amide bonds. The highest BCUT2D eigenvalue weighted by Crippen LogP contribution is 2.23. The van der Waals surface area contributed by atoms with Crippen LogP contribution in [0.25, 0.3) is 0 Å². The van der Waals surface area contributed by atoms with Crippen LogP contribution >= 0.6 is 15.9 Å². The Balaban J connectivity index is 2.37. The van der Waals surface area contributed by atoms with Crippen LogP contribution in [-0.4, -0.2) is 50.0 Å². The van der Waals surface area contributed by atoms with Gasteiger partial charge in [0.2, 0.25) is 21.8 Å². The maximum absolute atomic E-state index is 13.5. The van der Waals surface area contributed by atoms with Gasteiger partial charge in [0, 0.05) is 17.1 Å². The zero-order chi connectivity index (χ0) is 25.6. The van der Waals surface area contributed by atoms with E-state index in [0.717, 1.165) is 26.2 Å². The van der Waals surface area contributed by atoms with E-state index in [4.69, 9.17) is 0 Å². The number of sulfonamides is 1. The Morgan fingerprint density at radius 3 is 1.97 bits per heavy atom. The Labute approximate surface area is 211 Å². The van der Waals surface area contributed by atoms with Gasteiger partial charge in [-0.15, -0.1) is 0 Å². The van der Waals surface area contributed by atoms with Crippen molar-refractivity contribution in [2.75, 3.05) is 17.1 Å². The molecule has 0 aliphatic heterocycles. The van der Waals surface area contributed by atoms with E-state index in [9.17, 15) is 18.0 Å². The molecule has 0 unspecified atom stereocenters. The van der Waals surface area contributed by atoms with E-state index >= 15 is 0 Å². The molecule has 0 spiro atoms. The standard InChI is InChI=1S/C25H34BrN3O4S/c1-17(2)21-9-13-23(14-10-21)29(34(6,32)33)16-24(30)28(19(5)25(31)27-18(3)4)15-20-7-11-22(26)12-8-20/h7-14,17-19H,15-16H2,1-6H3,(H,27,31)/t19-/m0/s1. The highest BCUT2D eigenvalue weighted by molar-refractivity contribution is 9.10. The lowest BCUT2D eigenvalue weighted by molar-refractivity contribution is -0.139. The molecule has 186 valence electrons. The molecule has 0 saturated heterocycles. The molecule has 0 bridgehead atoms. The number of hydrogen-bond acceptors (Lipinski definition) is 4. The summed E-state index contributed by atoms with van der Waals surface area (Å²) in [5, 5.41) is 2.83. The van der Waals surface area contributed by atoms with Gasteiger partial charge in [-0.1, -0.05) is 54.0 Å². The van der Waals surface area contributed by atoms with E-state index in [0.29, 0.717) is 11.6 Å². The Kier molecular flexibility index (Phi) is 9.70. The first-order valence-corrected chi connectivity index (χ1v) is 13.9. The second kappa shape index (κ2) is 11.8. The Bertz CT molecular complexity index is 1080. The quantitative estimate of drug-likeness (QED) is 0.477. The van der Waals surface area contributed by atoms with E-state index in [2.05, 4.69) is 35.1 Å². The predicted molar refractivity (Wildman–Crippen MR) is 140 cm³/mol. The highest BCUT2D eigenvalue weighted by Gasteiger charge is 2.30. The van der Waals surface area contributed by atoms with Gasteiger partial charge in [-0.2, -0.15) is 0 Å². The molecule has 1 atom stereocenters. The minimum absolute atomic E-state index is 0.0911. The summed E-state index contributed by atoms with van der Waals surface area (Å²) in [5.41, 5.74) is 2.30. The number of hydrogen-bond donors (Lipinski definition) is 1. The lowest BCUT2D eigenvalue weighted by Crippen LogP contribution is -2.52. The molecular formula is C25H34BrN3O4S. The van der Waals surface area contributed by atoms with E-state index in [1.165, 1.54) is 4.90 Å². The average Bonchev–Trinajstić information content (AvgIpc) is 2.75. The van der Waals surface area contributed by atoms with Gasteiger partial charge in [-0.3, -0.25) is 13.9 Å². The molecule has 2 aromatic rings. The lowest BCUT2D eigenvalue weighted by atomic mass is 10.0. The molecule has 0 aromatic heterocycles. The number of nitrogens with one attached hydrogen (secondary N) is 1. The summed E-state index contributed by atoms with van der Waals surface area (Å²) in [6.45, 7) is 9.21. The Hall–Kier alpha value is -2.39. The van der Waals surface area contributed by atoms with Crippen molar-refractivity contribution in [3.8, 4) is 0 Å². The molecule has 2 aromatic carbocycles. The smallest absolute Gasteiger partial charge is 0.244 e. The number of amides is 2. The fourth-order valence-corrected chi connectivity index (χ4v) is 4.53. The molecule has 0 heterocycles. The van der Waals surface area contributed by atoms with Crippen LogP contribution in [0.5, 0.6) is 0 Å². The van der Waals surface area contributed by atoms with Gasteiger partial charge in [0.15, 0.2) is 0 Å². The van der Waals surface area contributed by atoms with Gasteiger partial charge in [-0.05, 0) is 62.1 Å². The lowest BCUT2D eigenvalue weighted by Gasteiger charge is -2.32.